The number of nitrogens with two attached hydrogens (primary N) is 1. The van der Waals surface area contributed by atoms with Gasteiger partial charge in [0.1, 0.15) is 11.6 Å². The predicted octanol–water partition coefficient (Wildman–Crippen LogP) is 1.35. The summed E-state index contributed by atoms with van der Waals surface area (Å²) in [6.07, 6.45) is 3.16. The Bertz CT molecular complexity index is 1020. The van der Waals surface area contributed by atoms with Gasteiger partial charge in [-0.15, -0.1) is 10.2 Å². The molecule has 4 rings (SSSR count). The van der Waals surface area contributed by atoms with Crippen LogP contribution in [0.5, 0.6) is 5.75 Å². The summed E-state index contributed by atoms with van der Waals surface area (Å²) in [4.78, 5) is 8.72. The Morgan fingerprint density at radius 3 is 2.80 bits per heavy atom. The first kappa shape index (κ1) is 20.0. The van der Waals surface area contributed by atoms with Gasteiger partial charge in [0.2, 0.25) is 5.95 Å². The number of aliphatic hydroxyl groups excluding tert-OH is 1. The number of tetrazole rings is 1. The van der Waals surface area contributed by atoms with Gasteiger partial charge in [0.15, 0.2) is 5.82 Å². The maximum absolute atomic E-state index is 9.09. The van der Waals surface area contributed by atoms with Gasteiger partial charge in [-0.3, -0.25) is 0 Å². The zero-order valence-corrected chi connectivity index (χ0v) is 17.1. The molecule has 3 aromatic rings. The summed E-state index contributed by atoms with van der Waals surface area (Å²) in [7, 11) is 1.66. The zero-order chi connectivity index (χ0) is 21.1. The lowest BCUT2D eigenvalue weighted by molar-refractivity contribution is 0.292. The van der Waals surface area contributed by atoms with E-state index in [1.165, 1.54) is 0 Å². The predicted molar refractivity (Wildman–Crippen MR) is 111 cm³/mol. The molecule has 0 saturated heterocycles. The Hall–Kier alpha value is -3.27. The summed E-state index contributed by atoms with van der Waals surface area (Å²) >= 11 is 0. The number of aromatic amines is 1. The number of aliphatic hydroxyl groups is 1. The normalized spacial score (nSPS) is 14.5. The fourth-order valence-corrected chi connectivity index (χ4v) is 3.80. The van der Waals surface area contributed by atoms with Gasteiger partial charge in [-0.2, -0.15) is 10.2 Å². The minimum Gasteiger partial charge on any atom is -0.496 e. The summed E-state index contributed by atoms with van der Waals surface area (Å²) in [6.45, 7) is 2.62. The lowest BCUT2D eigenvalue weighted by Gasteiger charge is -2.18. The lowest BCUT2D eigenvalue weighted by atomic mass is 9.91. The third kappa shape index (κ3) is 3.78. The highest BCUT2D eigenvalue weighted by Gasteiger charge is 2.49. The highest BCUT2D eigenvalue weighted by molar-refractivity contribution is 5.54. The molecule has 10 nitrogen and oxygen atoms in total. The van der Waals surface area contributed by atoms with E-state index in [1.54, 1.807) is 7.11 Å². The molecule has 1 fully saturated rings. The summed E-state index contributed by atoms with van der Waals surface area (Å²) in [5.74, 6) is 2.41. The van der Waals surface area contributed by atoms with Crippen LogP contribution in [0.4, 0.5) is 11.8 Å². The van der Waals surface area contributed by atoms with Crippen LogP contribution in [-0.4, -0.2) is 56.0 Å². The second-order valence-electron chi connectivity index (χ2n) is 7.52. The second-order valence-corrected chi connectivity index (χ2v) is 7.52. The number of H-pyrrole nitrogens is 1. The van der Waals surface area contributed by atoms with Crippen LogP contribution in [0.1, 0.15) is 47.5 Å². The van der Waals surface area contributed by atoms with E-state index in [9.17, 15) is 0 Å². The summed E-state index contributed by atoms with van der Waals surface area (Å²) in [5, 5.41) is 27.1. The standard InChI is InChI=1S/C20H26N8O2/c1-12-15(17(22-8-3-9-29)24-19(21)23-12)11-13-10-14(4-5-16(13)30-2)20(6-7-20)18-25-27-28-26-18/h4-5,10,29H,3,6-9,11H2,1-2H3,(H3,21,22,23,24)(H,25,26,27,28). The highest BCUT2D eigenvalue weighted by Crippen LogP contribution is 2.52. The van der Waals surface area contributed by atoms with Crippen molar-refractivity contribution >= 4 is 11.8 Å². The Balaban J connectivity index is 1.70. The molecule has 0 unspecified atom stereocenters. The first-order valence-electron chi connectivity index (χ1n) is 9.96. The number of rotatable bonds is 9. The number of nitrogen functional groups attached to an aromatic ring is 1. The first-order valence-corrected chi connectivity index (χ1v) is 9.96. The minimum atomic E-state index is -0.192. The van der Waals surface area contributed by atoms with Crippen LogP contribution >= 0.6 is 0 Å². The number of hydrogen-bond acceptors (Lipinski definition) is 9. The van der Waals surface area contributed by atoms with Crippen LogP contribution in [0.15, 0.2) is 18.2 Å². The SMILES string of the molecule is COc1ccc(C2(c3nn[nH]n3)CC2)cc1Cc1c(C)nc(N)nc1NCCCO. The molecule has 10 heteroatoms. The molecule has 0 aliphatic heterocycles. The van der Waals surface area contributed by atoms with Crippen molar-refractivity contribution in [2.45, 2.75) is 38.0 Å². The molecule has 0 amide bonds. The molecule has 1 aromatic carbocycles. The topological polar surface area (TPSA) is 148 Å². The van der Waals surface area contributed by atoms with Gasteiger partial charge >= 0.3 is 0 Å². The number of nitrogens with zero attached hydrogens (tertiary/aromatic N) is 5. The minimum absolute atomic E-state index is 0.107. The lowest BCUT2D eigenvalue weighted by Crippen LogP contribution is -2.14. The molecule has 0 atom stereocenters. The Kier molecular flexibility index (Phi) is 5.49. The smallest absolute Gasteiger partial charge is 0.222 e. The van der Waals surface area contributed by atoms with E-state index in [0.29, 0.717) is 25.2 Å². The van der Waals surface area contributed by atoms with Gasteiger partial charge in [0.05, 0.1) is 12.5 Å². The molecule has 2 aromatic heterocycles. The van der Waals surface area contributed by atoms with E-state index in [2.05, 4.69) is 48.0 Å². The molecule has 0 bridgehead atoms. The Labute approximate surface area is 174 Å². The van der Waals surface area contributed by atoms with Crippen molar-refractivity contribution in [3.05, 3.63) is 46.4 Å². The van der Waals surface area contributed by atoms with Gasteiger partial charge in [0.25, 0.3) is 0 Å². The van der Waals surface area contributed by atoms with Crippen molar-refractivity contribution in [1.82, 2.24) is 30.6 Å². The zero-order valence-electron chi connectivity index (χ0n) is 17.1. The van der Waals surface area contributed by atoms with Crippen LogP contribution in [-0.2, 0) is 11.8 Å². The summed E-state index contributed by atoms with van der Waals surface area (Å²) < 4.78 is 5.63. The monoisotopic (exact) mass is 410 g/mol. The Morgan fingerprint density at radius 2 is 2.13 bits per heavy atom. The summed E-state index contributed by atoms with van der Waals surface area (Å²) in [6, 6.07) is 6.20. The fourth-order valence-electron chi connectivity index (χ4n) is 3.80. The van der Waals surface area contributed by atoms with Gasteiger partial charge in [-0.25, -0.2) is 4.98 Å². The van der Waals surface area contributed by atoms with E-state index in [1.807, 2.05) is 13.0 Å². The van der Waals surface area contributed by atoms with E-state index < -0.39 is 0 Å². The van der Waals surface area contributed by atoms with E-state index >= 15 is 0 Å². The van der Waals surface area contributed by atoms with Gasteiger partial charge in [-0.1, -0.05) is 17.3 Å². The third-order valence-corrected chi connectivity index (χ3v) is 5.58. The number of methoxy groups -OCH3 is 1. The van der Waals surface area contributed by atoms with Crippen LogP contribution in [0, 0.1) is 6.92 Å². The van der Waals surface area contributed by atoms with Crippen LogP contribution in [0.2, 0.25) is 0 Å². The summed E-state index contributed by atoms with van der Waals surface area (Å²) in [5.41, 5.74) is 9.59. The maximum Gasteiger partial charge on any atom is 0.222 e. The van der Waals surface area contributed by atoms with Crippen LogP contribution in [0.25, 0.3) is 0 Å². The van der Waals surface area contributed by atoms with Crippen molar-refractivity contribution in [1.29, 1.82) is 0 Å². The molecule has 0 radical (unpaired) electrons. The quantitative estimate of drug-likeness (QED) is 0.384. The molecule has 5 N–H and O–H groups in total. The number of anilines is 2. The number of ether oxygens (including phenoxy) is 1. The van der Waals surface area contributed by atoms with Crippen LogP contribution in [0.3, 0.4) is 0 Å². The average Bonchev–Trinajstić information content (AvgIpc) is 3.36. The molecular weight excluding hydrogens is 384 g/mol. The number of aromatic nitrogens is 6. The van der Waals surface area contributed by atoms with Crippen molar-refractivity contribution in [2.24, 2.45) is 0 Å². The van der Waals surface area contributed by atoms with Gasteiger partial charge < -0.3 is 20.9 Å². The van der Waals surface area contributed by atoms with Crippen LogP contribution < -0.4 is 15.8 Å². The van der Waals surface area contributed by atoms with E-state index in [-0.39, 0.29) is 18.0 Å². The van der Waals surface area contributed by atoms with Gasteiger partial charge in [0, 0.05) is 30.8 Å². The number of aryl methyl sites for hydroxylation is 1. The second kappa shape index (κ2) is 8.23. The van der Waals surface area contributed by atoms with Crippen molar-refractivity contribution in [3.8, 4) is 5.75 Å². The van der Waals surface area contributed by atoms with Crippen molar-refractivity contribution in [2.75, 3.05) is 31.3 Å². The largest absolute Gasteiger partial charge is 0.496 e. The van der Waals surface area contributed by atoms with Gasteiger partial charge in [-0.05, 0) is 43.4 Å². The number of benzene rings is 1. The maximum atomic E-state index is 9.09. The first-order chi connectivity index (χ1) is 14.6. The molecule has 1 aliphatic carbocycles. The average molecular weight is 410 g/mol. The molecule has 158 valence electrons. The fraction of sp³-hybridized carbons (Fsp3) is 0.450. The van der Waals surface area contributed by atoms with Crippen molar-refractivity contribution < 1.29 is 9.84 Å². The Morgan fingerprint density at radius 1 is 1.30 bits per heavy atom. The molecule has 30 heavy (non-hydrogen) atoms. The van der Waals surface area contributed by atoms with E-state index in [0.717, 1.165) is 46.8 Å². The molecular formula is C20H26N8O2. The highest BCUT2D eigenvalue weighted by atomic mass is 16.5. The molecule has 1 saturated carbocycles. The molecule has 1 aliphatic rings. The molecule has 0 spiro atoms. The van der Waals surface area contributed by atoms with Crippen molar-refractivity contribution in [3.63, 3.8) is 0 Å². The number of hydrogen-bond donors (Lipinski definition) is 4. The third-order valence-electron chi connectivity index (χ3n) is 5.58. The number of nitrogens with one attached hydrogen (secondary N) is 2. The molecule has 2 heterocycles. The van der Waals surface area contributed by atoms with E-state index in [4.69, 9.17) is 15.6 Å².